The number of rotatable bonds is 5. The van der Waals surface area contributed by atoms with Crippen molar-refractivity contribution in [2.24, 2.45) is 5.92 Å². The van der Waals surface area contributed by atoms with Gasteiger partial charge in [0.25, 0.3) is 5.69 Å². The van der Waals surface area contributed by atoms with Gasteiger partial charge in [0.2, 0.25) is 0 Å². The minimum absolute atomic E-state index is 0.213. The lowest BCUT2D eigenvalue weighted by Gasteiger charge is -2.37. The van der Waals surface area contributed by atoms with Gasteiger partial charge in [-0.05, 0) is 30.9 Å². The Morgan fingerprint density at radius 2 is 1.85 bits per heavy atom. The fourth-order valence-electron chi connectivity index (χ4n) is 3.67. The summed E-state index contributed by atoms with van der Waals surface area (Å²) in [5, 5.41) is 11.1. The number of nitro groups is 1. The van der Waals surface area contributed by atoms with Crippen LogP contribution in [0.4, 0.5) is 11.4 Å². The molecular weight excluding hydrogens is 358 g/mol. The lowest BCUT2D eigenvalue weighted by Crippen LogP contribution is -2.42. The molecule has 0 aliphatic carbocycles. The molecule has 2 heterocycles. The quantitative estimate of drug-likeness (QED) is 0.562. The molecule has 1 aromatic carbocycles. The predicted molar refractivity (Wildman–Crippen MR) is 98.4 cm³/mol. The Bertz CT molecular complexity index is 754. The van der Waals surface area contributed by atoms with Gasteiger partial charge in [-0.1, -0.05) is 0 Å². The molecule has 0 radical (unpaired) electrons. The number of nitrogens with zero attached hydrogens (tertiary/aromatic N) is 3. The lowest BCUT2D eigenvalue weighted by molar-refractivity contribution is -0.387. The second-order valence-electron chi connectivity index (χ2n) is 7.02. The summed E-state index contributed by atoms with van der Waals surface area (Å²) in [5.74, 6) is 0.622. The number of benzene rings is 1. The number of hydrogen-bond acceptors (Lipinski definition) is 7. The number of hydrogen-bond donors (Lipinski definition) is 0. The number of ether oxygens (including phenoxy) is 1. The van der Waals surface area contributed by atoms with Gasteiger partial charge < -0.3 is 9.64 Å². The molecule has 3 rings (SSSR count). The number of anilines is 1. The molecular formula is C17H25N3O5S. The van der Waals surface area contributed by atoms with Crippen LogP contribution in [0.15, 0.2) is 23.1 Å². The van der Waals surface area contributed by atoms with Crippen LogP contribution in [0.2, 0.25) is 0 Å². The first kappa shape index (κ1) is 19.1. The van der Waals surface area contributed by atoms with Crippen molar-refractivity contribution in [3.8, 4) is 0 Å². The van der Waals surface area contributed by atoms with Gasteiger partial charge in [0, 0.05) is 50.7 Å². The highest BCUT2D eigenvalue weighted by Gasteiger charge is 2.26. The van der Waals surface area contributed by atoms with Gasteiger partial charge in [-0.2, -0.15) is 0 Å². The van der Waals surface area contributed by atoms with Crippen molar-refractivity contribution in [2.45, 2.75) is 17.7 Å². The largest absolute Gasteiger partial charge is 0.379 e. The van der Waals surface area contributed by atoms with E-state index in [4.69, 9.17) is 4.74 Å². The Morgan fingerprint density at radius 3 is 2.42 bits per heavy atom. The van der Waals surface area contributed by atoms with E-state index in [0.29, 0.717) is 5.92 Å². The molecule has 1 aromatic rings. The van der Waals surface area contributed by atoms with Crippen LogP contribution in [0.5, 0.6) is 0 Å². The average molecular weight is 383 g/mol. The topological polar surface area (TPSA) is 93.0 Å². The van der Waals surface area contributed by atoms with Crippen LogP contribution in [-0.4, -0.2) is 70.4 Å². The second-order valence-corrected chi connectivity index (χ2v) is 9.01. The lowest BCUT2D eigenvalue weighted by atomic mass is 9.95. The zero-order valence-corrected chi connectivity index (χ0v) is 15.8. The first-order valence-corrected chi connectivity index (χ1v) is 10.8. The maximum absolute atomic E-state index is 11.9. The van der Waals surface area contributed by atoms with Crippen molar-refractivity contribution in [3.05, 3.63) is 28.3 Å². The van der Waals surface area contributed by atoms with Gasteiger partial charge in [-0.15, -0.1) is 0 Å². The maximum Gasteiger partial charge on any atom is 0.288 e. The number of nitro benzene ring substituents is 1. The third-order valence-corrected chi connectivity index (χ3v) is 6.27. The van der Waals surface area contributed by atoms with Crippen LogP contribution < -0.4 is 4.90 Å². The molecule has 0 atom stereocenters. The van der Waals surface area contributed by atoms with E-state index in [1.807, 2.05) is 0 Å². The van der Waals surface area contributed by atoms with E-state index in [0.717, 1.165) is 70.7 Å². The second kappa shape index (κ2) is 7.89. The van der Waals surface area contributed by atoms with Crippen molar-refractivity contribution in [1.29, 1.82) is 0 Å². The van der Waals surface area contributed by atoms with Crippen molar-refractivity contribution >= 4 is 21.2 Å². The molecule has 0 saturated carbocycles. The first-order chi connectivity index (χ1) is 12.3. The van der Waals surface area contributed by atoms with Gasteiger partial charge in [-0.25, -0.2) is 8.42 Å². The highest BCUT2D eigenvalue weighted by Crippen LogP contribution is 2.31. The summed E-state index contributed by atoms with van der Waals surface area (Å²) in [4.78, 5) is 14.8. The van der Waals surface area contributed by atoms with Crippen LogP contribution in [0, 0.1) is 16.0 Å². The molecule has 26 heavy (non-hydrogen) atoms. The molecule has 0 amide bonds. The van der Waals surface area contributed by atoms with Crippen molar-refractivity contribution in [2.75, 3.05) is 57.1 Å². The van der Waals surface area contributed by atoms with E-state index in [1.54, 1.807) is 6.07 Å². The molecule has 0 bridgehead atoms. The summed E-state index contributed by atoms with van der Waals surface area (Å²) in [6, 6.07) is 4.39. The Labute approximate surface area is 153 Å². The van der Waals surface area contributed by atoms with E-state index in [1.165, 1.54) is 12.1 Å². The summed E-state index contributed by atoms with van der Waals surface area (Å²) in [5.41, 5.74) is 0.374. The van der Waals surface area contributed by atoms with Gasteiger partial charge in [-0.3, -0.25) is 15.0 Å². The summed E-state index contributed by atoms with van der Waals surface area (Å²) in [6.45, 7) is 6.31. The molecule has 8 nitrogen and oxygen atoms in total. The van der Waals surface area contributed by atoms with E-state index < -0.39 is 14.8 Å². The molecule has 144 valence electrons. The van der Waals surface area contributed by atoms with Crippen LogP contribution >= 0.6 is 0 Å². The predicted octanol–water partition coefficient (Wildman–Crippen LogP) is 1.55. The monoisotopic (exact) mass is 383 g/mol. The third kappa shape index (κ3) is 4.52. The number of morpholine rings is 1. The molecule has 2 aliphatic rings. The SMILES string of the molecule is CS(=O)(=O)c1cc(N2CCC(CN3CCOCC3)CC2)ccc1[N+](=O)[O-]. The van der Waals surface area contributed by atoms with Gasteiger partial charge >= 0.3 is 0 Å². The normalized spacial score (nSPS) is 20.3. The summed E-state index contributed by atoms with van der Waals surface area (Å²) < 4.78 is 29.2. The van der Waals surface area contributed by atoms with Crippen LogP contribution in [0.3, 0.4) is 0 Å². The fraction of sp³-hybridized carbons (Fsp3) is 0.647. The number of sulfone groups is 1. The van der Waals surface area contributed by atoms with E-state index >= 15 is 0 Å². The molecule has 0 spiro atoms. The molecule has 0 unspecified atom stereocenters. The Kier molecular flexibility index (Phi) is 5.79. The highest BCUT2D eigenvalue weighted by molar-refractivity contribution is 7.90. The van der Waals surface area contributed by atoms with Crippen molar-refractivity contribution in [1.82, 2.24) is 4.90 Å². The molecule has 9 heteroatoms. The third-order valence-electron chi connectivity index (χ3n) is 5.14. The molecule has 0 aromatic heterocycles. The summed E-state index contributed by atoms with van der Waals surface area (Å²) in [7, 11) is -3.66. The first-order valence-electron chi connectivity index (χ1n) is 8.88. The van der Waals surface area contributed by atoms with Gasteiger partial charge in [0.05, 0.1) is 18.1 Å². The van der Waals surface area contributed by atoms with Crippen molar-refractivity contribution < 1.29 is 18.1 Å². The van der Waals surface area contributed by atoms with Crippen LogP contribution in [0.25, 0.3) is 0 Å². The van der Waals surface area contributed by atoms with Gasteiger partial charge in [0.1, 0.15) is 4.90 Å². The molecule has 2 fully saturated rings. The van der Waals surface area contributed by atoms with E-state index in [9.17, 15) is 18.5 Å². The molecule has 2 aliphatic heterocycles. The molecule has 2 saturated heterocycles. The van der Waals surface area contributed by atoms with E-state index in [2.05, 4.69) is 9.80 Å². The Balaban J connectivity index is 1.66. The fourth-order valence-corrected chi connectivity index (χ4v) is 4.53. The minimum Gasteiger partial charge on any atom is -0.379 e. The zero-order chi connectivity index (χ0) is 18.7. The van der Waals surface area contributed by atoms with E-state index in [-0.39, 0.29) is 10.6 Å². The standard InChI is InChI=1S/C17H25N3O5S/c1-26(23,24)17-12-15(2-3-16(17)20(21)22)19-6-4-14(5-7-19)13-18-8-10-25-11-9-18/h2-3,12,14H,4-11,13H2,1H3. The highest BCUT2D eigenvalue weighted by atomic mass is 32.2. The Hall–Kier alpha value is -1.71. The Morgan fingerprint density at radius 1 is 1.19 bits per heavy atom. The van der Waals surface area contributed by atoms with Gasteiger partial charge in [0.15, 0.2) is 9.84 Å². The maximum atomic E-state index is 11.9. The molecule has 0 N–H and O–H groups in total. The average Bonchev–Trinajstić information content (AvgIpc) is 2.62. The van der Waals surface area contributed by atoms with Crippen molar-refractivity contribution in [3.63, 3.8) is 0 Å². The van der Waals surface area contributed by atoms with Crippen LogP contribution in [-0.2, 0) is 14.6 Å². The summed E-state index contributed by atoms with van der Waals surface area (Å²) in [6.07, 6.45) is 3.07. The summed E-state index contributed by atoms with van der Waals surface area (Å²) >= 11 is 0. The smallest absolute Gasteiger partial charge is 0.288 e. The number of piperidine rings is 1. The van der Waals surface area contributed by atoms with Crippen LogP contribution in [0.1, 0.15) is 12.8 Å². The minimum atomic E-state index is -3.66. The zero-order valence-electron chi connectivity index (χ0n) is 15.0.